The van der Waals surface area contributed by atoms with Crippen LogP contribution in [0.5, 0.6) is 0 Å². The van der Waals surface area contributed by atoms with Crippen molar-refractivity contribution in [3.05, 3.63) is 11.1 Å². The Morgan fingerprint density at radius 2 is 1.17 bits per heavy atom. The summed E-state index contributed by atoms with van der Waals surface area (Å²) in [7, 11) is 0. The van der Waals surface area contributed by atoms with Gasteiger partial charge in [0, 0.05) is 5.25 Å². The van der Waals surface area contributed by atoms with Crippen molar-refractivity contribution in [3.63, 3.8) is 0 Å². The van der Waals surface area contributed by atoms with Crippen LogP contribution in [-0.2, 0) is 0 Å². The summed E-state index contributed by atoms with van der Waals surface area (Å²) in [5.41, 5.74) is 3.34. The Kier molecular flexibility index (Phi) is 17.6. The van der Waals surface area contributed by atoms with E-state index in [1.165, 1.54) is 128 Å². The van der Waals surface area contributed by atoms with E-state index in [1.54, 1.807) is 11.1 Å². The molecule has 0 amide bonds. The molecule has 1 rings (SSSR count). The van der Waals surface area contributed by atoms with Crippen LogP contribution < -0.4 is 0 Å². The molecule has 2 unspecified atom stereocenters. The molecule has 0 nitrogen and oxygen atoms in total. The number of allylic oxidation sites excluding steroid dienone is 2. The summed E-state index contributed by atoms with van der Waals surface area (Å²) in [6, 6.07) is 0. The Balaban J connectivity index is 1.82. The molecule has 0 aliphatic heterocycles. The third kappa shape index (κ3) is 14.7. The van der Waals surface area contributed by atoms with Gasteiger partial charge < -0.3 is 0 Å². The highest BCUT2D eigenvalue weighted by Gasteiger charge is 2.24. The minimum absolute atomic E-state index is 0.894. The number of rotatable bonds is 18. The quantitative estimate of drug-likeness (QED) is 0.156. The van der Waals surface area contributed by atoms with Gasteiger partial charge in [-0.3, -0.25) is 0 Å². The van der Waals surface area contributed by atoms with E-state index in [0.717, 1.165) is 11.2 Å². The summed E-state index contributed by atoms with van der Waals surface area (Å²) >= 11 is 2.28. The van der Waals surface area contributed by atoms with E-state index in [0.29, 0.717) is 0 Å². The Hall–Kier alpha value is 0.0900. The lowest BCUT2D eigenvalue weighted by Gasteiger charge is -2.31. The second kappa shape index (κ2) is 18.8. The standard InChI is InChI=1S/C28H54S/c1-5-6-7-8-9-10-11-12-13-14-15-16-17-18-19-20-23-29-28-24-27(25(2)3)22-21-26(28)4/h26,28H,5-24H2,1-4H3. The molecule has 1 aliphatic rings. The normalized spacial score (nSPS) is 19.7. The summed E-state index contributed by atoms with van der Waals surface area (Å²) in [4.78, 5) is 0. The van der Waals surface area contributed by atoms with Crippen LogP contribution in [0, 0.1) is 5.92 Å². The van der Waals surface area contributed by atoms with E-state index in [4.69, 9.17) is 0 Å². The van der Waals surface area contributed by atoms with Crippen LogP contribution in [0.4, 0.5) is 0 Å². The van der Waals surface area contributed by atoms with E-state index in [1.807, 2.05) is 0 Å². The third-order valence-electron chi connectivity index (χ3n) is 7.02. The molecule has 0 aromatic carbocycles. The fraction of sp³-hybridized carbons (Fsp3) is 0.929. The first kappa shape index (κ1) is 27.1. The molecular weight excluding hydrogens is 368 g/mol. The maximum Gasteiger partial charge on any atom is 0.0110 e. The molecule has 0 aromatic rings. The zero-order valence-corrected chi connectivity index (χ0v) is 21.5. The van der Waals surface area contributed by atoms with Crippen molar-refractivity contribution >= 4 is 11.8 Å². The van der Waals surface area contributed by atoms with Gasteiger partial charge >= 0.3 is 0 Å². The second-order valence-electron chi connectivity index (χ2n) is 10.0. The number of hydrogen-bond donors (Lipinski definition) is 0. The summed E-state index contributed by atoms with van der Waals surface area (Å²) in [5, 5.41) is 0.894. The zero-order chi connectivity index (χ0) is 21.2. The van der Waals surface area contributed by atoms with Crippen LogP contribution in [-0.4, -0.2) is 11.0 Å². The van der Waals surface area contributed by atoms with Gasteiger partial charge in [-0.2, -0.15) is 11.8 Å². The average Bonchev–Trinajstić information content (AvgIpc) is 2.71. The number of hydrogen-bond acceptors (Lipinski definition) is 1. The van der Waals surface area contributed by atoms with Gasteiger partial charge in [0.15, 0.2) is 0 Å². The van der Waals surface area contributed by atoms with Crippen molar-refractivity contribution in [3.8, 4) is 0 Å². The van der Waals surface area contributed by atoms with Crippen LogP contribution in [0.25, 0.3) is 0 Å². The first-order valence-electron chi connectivity index (χ1n) is 13.4. The molecule has 1 fully saturated rings. The van der Waals surface area contributed by atoms with E-state index < -0.39 is 0 Å². The molecule has 0 spiro atoms. The number of unbranched alkanes of at least 4 members (excludes halogenated alkanes) is 15. The number of thioether (sulfide) groups is 1. The van der Waals surface area contributed by atoms with Crippen molar-refractivity contribution in [1.29, 1.82) is 0 Å². The monoisotopic (exact) mass is 422 g/mol. The molecule has 0 saturated heterocycles. The highest BCUT2D eigenvalue weighted by atomic mass is 32.2. The molecule has 172 valence electrons. The van der Waals surface area contributed by atoms with Crippen LogP contribution >= 0.6 is 11.8 Å². The van der Waals surface area contributed by atoms with E-state index in [2.05, 4.69) is 39.5 Å². The molecule has 0 radical (unpaired) electrons. The van der Waals surface area contributed by atoms with Gasteiger partial charge in [0.25, 0.3) is 0 Å². The SMILES string of the molecule is CCCCCCCCCCCCCCCCCCSC1CC(=C(C)C)CCC1C. The maximum atomic E-state index is 2.48. The van der Waals surface area contributed by atoms with Gasteiger partial charge in [-0.15, -0.1) is 0 Å². The molecule has 0 heterocycles. The molecule has 0 bridgehead atoms. The summed E-state index contributed by atoms with van der Waals surface area (Å²) < 4.78 is 0. The fourth-order valence-electron chi connectivity index (χ4n) is 4.70. The lowest BCUT2D eigenvalue weighted by atomic mass is 9.85. The summed E-state index contributed by atoms with van der Waals surface area (Å²) in [6.07, 6.45) is 27.6. The second-order valence-corrected chi connectivity index (χ2v) is 11.4. The average molecular weight is 423 g/mol. The first-order valence-corrected chi connectivity index (χ1v) is 14.5. The Morgan fingerprint density at radius 3 is 1.62 bits per heavy atom. The van der Waals surface area contributed by atoms with Gasteiger partial charge in [0.05, 0.1) is 0 Å². The minimum Gasteiger partial charge on any atom is -0.158 e. The van der Waals surface area contributed by atoms with Crippen LogP contribution in [0.1, 0.15) is 150 Å². The molecule has 1 heteroatoms. The minimum atomic E-state index is 0.894. The Morgan fingerprint density at radius 1 is 0.724 bits per heavy atom. The van der Waals surface area contributed by atoms with Crippen molar-refractivity contribution in [2.45, 2.75) is 155 Å². The van der Waals surface area contributed by atoms with E-state index in [9.17, 15) is 0 Å². The fourth-order valence-corrected chi connectivity index (χ4v) is 6.15. The Labute approximate surface area is 189 Å². The summed E-state index contributed by atoms with van der Waals surface area (Å²) in [6.45, 7) is 9.40. The van der Waals surface area contributed by atoms with Crippen molar-refractivity contribution in [2.75, 3.05) is 5.75 Å². The zero-order valence-electron chi connectivity index (χ0n) is 20.7. The highest BCUT2D eigenvalue weighted by molar-refractivity contribution is 7.99. The van der Waals surface area contributed by atoms with Crippen LogP contribution in [0.15, 0.2) is 11.1 Å². The van der Waals surface area contributed by atoms with E-state index in [-0.39, 0.29) is 0 Å². The maximum absolute atomic E-state index is 2.48. The first-order chi connectivity index (χ1) is 14.1. The predicted molar refractivity (Wildman–Crippen MR) is 137 cm³/mol. The predicted octanol–water partition coefficient (Wildman–Crippen LogP) is 10.5. The molecule has 0 N–H and O–H groups in total. The lowest BCUT2D eigenvalue weighted by Crippen LogP contribution is -2.21. The topological polar surface area (TPSA) is 0 Å². The molecule has 1 saturated carbocycles. The molecular formula is C28H54S. The third-order valence-corrected chi connectivity index (χ3v) is 8.60. The lowest BCUT2D eigenvalue weighted by molar-refractivity contribution is 0.454. The van der Waals surface area contributed by atoms with Gasteiger partial charge in [-0.05, 0) is 51.2 Å². The molecule has 2 atom stereocenters. The largest absolute Gasteiger partial charge is 0.158 e. The van der Waals surface area contributed by atoms with Gasteiger partial charge in [-0.1, -0.05) is 121 Å². The smallest absolute Gasteiger partial charge is 0.0110 e. The molecule has 0 aromatic heterocycles. The van der Waals surface area contributed by atoms with Crippen molar-refractivity contribution < 1.29 is 0 Å². The molecule has 29 heavy (non-hydrogen) atoms. The van der Waals surface area contributed by atoms with Gasteiger partial charge in [0.1, 0.15) is 0 Å². The van der Waals surface area contributed by atoms with Crippen LogP contribution in [0.2, 0.25) is 0 Å². The summed E-state index contributed by atoms with van der Waals surface area (Å²) in [5.74, 6) is 2.31. The van der Waals surface area contributed by atoms with Crippen molar-refractivity contribution in [1.82, 2.24) is 0 Å². The van der Waals surface area contributed by atoms with E-state index >= 15 is 0 Å². The van der Waals surface area contributed by atoms with Crippen molar-refractivity contribution in [2.24, 2.45) is 5.92 Å². The Bertz CT molecular complexity index is 393. The van der Waals surface area contributed by atoms with Gasteiger partial charge in [-0.25, -0.2) is 0 Å². The highest BCUT2D eigenvalue weighted by Crippen LogP contribution is 2.37. The van der Waals surface area contributed by atoms with Gasteiger partial charge in [0.2, 0.25) is 0 Å². The molecule has 1 aliphatic carbocycles. The van der Waals surface area contributed by atoms with Crippen LogP contribution in [0.3, 0.4) is 0 Å².